The average molecular weight is 327 g/mol. The summed E-state index contributed by atoms with van der Waals surface area (Å²) in [5, 5.41) is 0. The van der Waals surface area contributed by atoms with E-state index in [1.54, 1.807) is 0 Å². The molecule has 128 valence electrons. The topological polar surface area (TPSA) is 9.23 Å². The summed E-state index contributed by atoms with van der Waals surface area (Å²) >= 11 is 0. The minimum Gasteiger partial charge on any atom is -0.413 e. The van der Waals surface area contributed by atoms with E-state index >= 15 is 0 Å². The van der Waals surface area contributed by atoms with Crippen molar-refractivity contribution in [1.29, 1.82) is 0 Å². The quantitative estimate of drug-likeness (QED) is 0.478. The van der Waals surface area contributed by atoms with Crippen LogP contribution in [0.3, 0.4) is 0 Å². The lowest BCUT2D eigenvalue weighted by atomic mass is 9.77. The monoisotopic (exact) mass is 326 g/mol. The van der Waals surface area contributed by atoms with Crippen molar-refractivity contribution in [1.82, 2.24) is 0 Å². The predicted molar refractivity (Wildman–Crippen MR) is 95.2 cm³/mol. The van der Waals surface area contributed by atoms with Gasteiger partial charge in [-0.05, 0) is 62.1 Å². The van der Waals surface area contributed by atoms with Crippen LogP contribution in [0.1, 0.15) is 72.1 Å². The molecular formula is C19H35FOSi. The van der Waals surface area contributed by atoms with Gasteiger partial charge in [0.15, 0.2) is 8.32 Å². The van der Waals surface area contributed by atoms with E-state index in [9.17, 15) is 4.39 Å². The molecule has 0 saturated heterocycles. The molecule has 0 aromatic heterocycles. The summed E-state index contributed by atoms with van der Waals surface area (Å²) in [5.74, 6) is 1.38. The van der Waals surface area contributed by atoms with Crippen LogP contribution in [-0.2, 0) is 4.43 Å². The van der Waals surface area contributed by atoms with Crippen LogP contribution < -0.4 is 0 Å². The van der Waals surface area contributed by atoms with E-state index < -0.39 is 8.32 Å². The van der Waals surface area contributed by atoms with Crippen LogP contribution in [0.5, 0.6) is 0 Å². The van der Waals surface area contributed by atoms with E-state index in [4.69, 9.17) is 4.43 Å². The van der Waals surface area contributed by atoms with Crippen LogP contribution >= 0.6 is 0 Å². The minimum atomic E-state index is -1.58. The summed E-state index contributed by atoms with van der Waals surface area (Å²) in [7, 11) is -1.58. The molecule has 0 aromatic rings. The molecule has 0 aromatic carbocycles. The maximum absolute atomic E-state index is 13.4. The lowest BCUT2D eigenvalue weighted by Crippen LogP contribution is -2.46. The fourth-order valence-corrected chi connectivity index (χ4v) is 7.41. The maximum atomic E-state index is 13.4. The van der Waals surface area contributed by atoms with Gasteiger partial charge in [0, 0.05) is 0 Å². The molecule has 0 bridgehead atoms. The fraction of sp³-hybridized carbons (Fsp3) is 0.895. The van der Waals surface area contributed by atoms with E-state index in [2.05, 4.69) is 20.8 Å². The Morgan fingerprint density at radius 2 is 1.68 bits per heavy atom. The van der Waals surface area contributed by atoms with Gasteiger partial charge in [-0.1, -0.05) is 46.1 Å². The molecule has 2 unspecified atom stereocenters. The number of rotatable bonds is 7. The summed E-state index contributed by atoms with van der Waals surface area (Å²) in [6, 6.07) is 3.67. The zero-order valence-electron chi connectivity index (χ0n) is 14.9. The molecule has 2 aliphatic carbocycles. The Labute approximate surface area is 137 Å². The molecule has 3 heteroatoms. The highest BCUT2D eigenvalue weighted by Gasteiger charge is 2.39. The van der Waals surface area contributed by atoms with Crippen LogP contribution in [0.25, 0.3) is 0 Å². The summed E-state index contributed by atoms with van der Waals surface area (Å²) in [4.78, 5) is 0. The third-order valence-corrected chi connectivity index (χ3v) is 10.9. The van der Waals surface area contributed by atoms with Gasteiger partial charge in [0.05, 0.1) is 11.9 Å². The maximum Gasteiger partial charge on any atom is 0.192 e. The number of allylic oxidation sites excluding steroid dienone is 2. The molecule has 0 N–H and O–H groups in total. The first-order chi connectivity index (χ1) is 10.6. The molecule has 1 saturated carbocycles. The second-order valence-electron chi connectivity index (χ2n) is 7.41. The molecule has 0 spiro atoms. The highest BCUT2D eigenvalue weighted by molar-refractivity contribution is 6.73. The molecular weight excluding hydrogens is 291 g/mol. The summed E-state index contributed by atoms with van der Waals surface area (Å²) in [5.41, 5.74) is 0. The van der Waals surface area contributed by atoms with E-state index in [1.807, 2.05) is 6.08 Å². The molecule has 2 rings (SSSR count). The summed E-state index contributed by atoms with van der Waals surface area (Å²) in [6.07, 6.45) is 11.5. The van der Waals surface area contributed by atoms with Gasteiger partial charge >= 0.3 is 0 Å². The van der Waals surface area contributed by atoms with Crippen molar-refractivity contribution in [2.24, 2.45) is 11.8 Å². The van der Waals surface area contributed by atoms with Gasteiger partial charge in [-0.15, -0.1) is 0 Å². The van der Waals surface area contributed by atoms with Crippen molar-refractivity contribution in [3.05, 3.63) is 11.9 Å². The average Bonchev–Trinajstić information content (AvgIpc) is 2.59. The van der Waals surface area contributed by atoms with Gasteiger partial charge in [0.25, 0.3) is 0 Å². The van der Waals surface area contributed by atoms with Crippen LogP contribution in [-0.4, -0.2) is 14.4 Å². The third-order valence-electron chi connectivity index (χ3n) is 6.29. The lowest BCUT2D eigenvalue weighted by Gasteiger charge is -2.42. The normalized spacial score (nSPS) is 25.8. The van der Waals surface area contributed by atoms with E-state index in [1.165, 1.54) is 50.2 Å². The largest absolute Gasteiger partial charge is 0.413 e. The Balaban J connectivity index is 2.13. The van der Waals surface area contributed by atoms with Gasteiger partial charge in [-0.2, -0.15) is 0 Å². The SMILES string of the molecule is CC[Si](CC)(CC)OC(C1CC=C(F)CC1)C1CCCCC1. The highest BCUT2D eigenvalue weighted by Crippen LogP contribution is 2.40. The molecule has 0 aliphatic heterocycles. The third kappa shape index (κ3) is 4.44. The van der Waals surface area contributed by atoms with Crippen molar-refractivity contribution in [2.45, 2.75) is 96.4 Å². The smallest absolute Gasteiger partial charge is 0.192 e. The zero-order chi connectivity index (χ0) is 16.0. The molecule has 0 amide bonds. The first-order valence-electron chi connectivity index (χ1n) is 9.66. The molecule has 1 fully saturated rings. The van der Waals surface area contributed by atoms with Crippen molar-refractivity contribution in [3.63, 3.8) is 0 Å². The van der Waals surface area contributed by atoms with E-state index in [-0.39, 0.29) is 5.83 Å². The van der Waals surface area contributed by atoms with Crippen LogP contribution in [0.4, 0.5) is 4.39 Å². The van der Waals surface area contributed by atoms with Crippen LogP contribution in [0, 0.1) is 11.8 Å². The summed E-state index contributed by atoms with van der Waals surface area (Å²) < 4.78 is 20.4. The first-order valence-corrected chi connectivity index (χ1v) is 12.2. The van der Waals surface area contributed by atoms with Crippen LogP contribution in [0.2, 0.25) is 18.1 Å². The Hall–Kier alpha value is -0.153. The van der Waals surface area contributed by atoms with Gasteiger partial charge in [-0.25, -0.2) is 4.39 Å². The van der Waals surface area contributed by atoms with Gasteiger partial charge in [0.2, 0.25) is 0 Å². The Bertz CT molecular complexity index is 350. The second-order valence-corrected chi connectivity index (χ2v) is 12.1. The van der Waals surface area contributed by atoms with Gasteiger partial charge in [-0.3, -0.25) is 0 Å². The zero-order valence-corrected chi connectivity index (χ0v) is 15.9. The van der Waals surface area contributed by atoms with E-state index in [0.29, 0.717) is 18.4 Å². The van der Waals surface area contributed by atoms with Crippen LogP contribution in [0.15, 0.2) is 11.9 Å². The fourth-order valence-electron chi connectivity index (χ4n) is 4.45. The first kappa shape index (κ1) is 18.2. The molecule has 0 heterocycles. The molecule has 0 radical (unpaired) electrons. The van der Waals surface area contributed by atoms with Gasteiger partial charge < -0.3 is 4.43 Å². The van der Waals surface area contributed by atoms with Crippen molar-refractivity contribution in [3.8, 4) is 0 Å². The molecule has 22 heavy (non-hydrogen) atoms. The Morgan fingerprint density at radius 1 is 1.05 bits per heavy atom. The Morgan fingerprint density at radius 3 is 2.18 bits per heavy atom. The minimum absolute atomic E-state index is 0.101. The standard InChI is InChI=1S/C19H35FOSi/c1-4-22(5-2,6-3)21-19(16-10-8-7-9-11-16)17-12-14-18(20)15-13-17/h14,16-17,19H,4-13,15H2,1-3H3. The van der Waals surface area contributed by atoms with Crippen molar-refractivity contribution >= 4 is 8.32 Å². The number of halogens is 1. The molecule has 2 atom stereocenters. The summed E-state index contributed by atoms with van der Waals surface area (Å²) in [6.45, 7) is 6.95. The lowest BCUT2D eigenvalue weighted by molar-refractivity contribution is 0.0398. The Kier molecular flexibility index (Phi) is 7.14. The highest BCUT2D eigenvalue weighted by atomic mass is 28.4. The predicted octanol–water partition coefficient (Wildman–Crippen LogP) is 6.61. The number of hydrogen-bond donors (Lipinski definition) is 0. The molecule has 2 aliphatic rings. The van der Waals surface area contributed by atoms with Crippen molar-refractivity contribution in [2.75, 3.05) is 0 Å². The van der Waals surface area contributed by atoms with E-state index in [0.717, 1.165) is 18.8 Å². The van der Waals surface area contributed by atoms with Gasteiger partial charge in [0.1, 0.15) is 0 Å². The van der Waals surface area contributed by atoms with Crippen molar-refractivity contribution < 1.29 is 8.82 Å². The number of hydrogen-bond acceptors (Lipinski definition) is 1. The second kappa shape index (κ2) is 8.63. The molecule has 1 nitrogen and oxygen atoms in total.